The van der Waals surface area contributed by atoms with Crippen LogP contribution in [0.1, 0.15) is 48.5 Å². The van der Waals surface area contributed by atoms with Gasteiger partial charge in [-0.2, -0.15) is 0 Å². The summed E-state index contributed by atoms with van der Waals surface area (Å²) in [4.78, 5) is 19.1. The lowest BCUT2D eigenvalue weighted by Crippen LogP contribution is -2.53. The maximum atomic E-state index is 14.0. The fourth-order valence-corrected chi connectivity index (χ4v) is 5.12. The van der Waals surface area contributed by atoms with Crippen molar-refractivity contribution in [2.75, 3.05) is 19.8 Å². The molecule has 1 aliphatic carbocycles. The Hall–Kier alpha value is -3.46. The van der Waals surface area contributed by atoms with Crippen LogP contribution >= 0.6 is 15.9 Å². The lowest BCUT2D eigenvalue weighted by molar-refractivity contribution is -0.129. The molecule has 0 unspecified atom stereocenters. The number of carbonyl (C=O) groups is 1. The average molecular weight is 605 g/mol. The van der Waals surface area contributed by atoms with Crippen molar-refractivity contribution in [2.24, 2.45) is 10.9 Å². The average Bonchev–Trinajstić information content (AvgIpc) is 3.73. The van der Waals surface area contributed by atoms with Crippen LogP contribution in [-0.4, -0.2) is 42.2 Å². The molecule has 0 saturated heterocycles. The number of ether oxygens (including phenoxy) is 2. The first-order valence-electron chi connectivity index (χ1n) is 13.7. The van der Waals surface area contributed by atoms with Gasteiger partial charge in [0.1, 0.15) is 5.75 Å². The van der Waals surface area contributed by atoms with E-state index in [2.05, 4.69) is 26.8 Å². The van der Waals surface area contributed by atoms with E-state index in [-0.39, 0.29) is 12.5 Å². The lowest BCUT2D eigenvalue weighted by Gasteiger charge is -2.30. The molecule has 3 N–H and O–H groups in total. The van der Waals surface area contributed by atoms with Gasteiger partial charge in [-0.05, 0) is 54.7 Å². The molecular weight excluding hydrogens is 570 g/mol. The fraction of sp³-hybridized carbons (Fsp3) is 0.312. The number of aliphatic hydroxyl groups is 1. The first-order chi connectivity index (χ1) is 19.6. The Morgan fingerprint density at radius 1 is 1.07 bits per heavy atom. The van der Waals surface area contributed by atoms with Gasteiger partial charge in [-0.25, -0.2) is 10.4 Å². The summed E-state index contributed by atoms with van der Waals surface area (Å²) >= 11 is 3.68. The predicted molar refractivity (Wildman–Crippen MR) is 160 cm³/mol. The van der Waals surface area contributed by atoms with Crippen molar-refractivity contribution in [3.05, 3.63) is 106 Å². The quantitative estimate of drug-likeness (QED) is 0.175. The number of nitrogens with one attached hydrogen (secondary N) is 2. The van der Waals surface area contributed by atoms with E-state index in [1.807, 2.05) is 91.0 Å². The maximum Gasteiger partial charge on any atom is 0.266 e. The second-order valence-electron chi connectivity index (χ2n) is 10.1. The molecule has 0 aromatic heterocycles. The van der Waals surface area contributed by atoms with Crippen LogP contribution in [0.3, 0.4) is 0 Å². The Bertz CT molecular complexity index is 1340. The van der Waals surface area contributed by atoms with Crippen LogP contribution in [0.4, 0.5) is 0 Å². The zero-order chi connectivity index (χ0) is 27.8. The van der Waals surface area contributed by atoms with Crippen molar-refractivity contribution in [3.8, 4) is 5.75 Å². The molecule has 8 heteroatoms. The number of benzene rings is 3. The van der Waals surface area contributed by atoms with Crippen LogP contribution in [0.5, 0.6) is 5.75 Å². The second kappa shape index (κ2) is 13.3. The van der Waals surface area contributed by atoms with Crippen molar-refractivity contribution in [1.29, 1.82) is 0 Å². The van der Waals surface area contributed by atoms with Crippen molar-refractivity contribution < 1.29 is 19.4 Å². The molecule has 1 amide bonds. The Kier molecular flexibility index (Phi) is 9.31. The number of rotatable bonds is 13. The minimum Gasteiger partial charge on any atom is -0.494 e. The maximum absolute atomic E-state index is 14.0. The molecule has 1 saturated carbocycles. The van der Waals surface area contributed by atoms with Crippen LogP contribution < -0.4 is 15.6 Å². The normalized spacial score (nSPS) is 20.2. The molecule has 0 bridgehead atoms. The summed E-state index contributed by atoms with van der Waals surface area (Å²) < 4.78 is 13.1. The minimum absolute atomic E-state index is 0.0809. The number of hydrazine groups is 1. The molecule has 0 spiro atoms. The molecule has 1 fully saturated rings. The topological polar surface area (TPSA) is 92.2 Å². The van der Waals surface area contributed by atoms with E-state index in [0.29, 0.717) is 37.0 Å². The lowest BCUT2D eigenvalue weighted by atomic mass is 9.84. The van der Waals surface area contributed by atoms with Gasteiger partial charge in [0.25, 0.3) is 5.91 Å². The van der Waals surface area contributed by atoms with E-state index in [0.717, 1.165) is 27.7 Å². The van der Waals surface area contributed by atoms with Gasteiger partial charge in [0.05, 0.1) is 6.61 Å². The zero-order valence-electron chi connectivity index (χ0n) is 22.3. The summed E-state index contributed by atoms with van der Waals surface area (Å²) in [6, 6.07) is 25.2. The summed E-state index contributed by atoms with van der Waals surface area (Å²) in [5.74, 6) is 1.45. The Morgan fingerprint density at radius 2 is 1.82 bits per heavy atom. The second-order valence-corrected chi connectivity index (χ2v) is 11.0. The summed E-state index contributed by atoms with van der Waals surface area (Å²) in [5.41, 5.74) is 7.47. The van der Waals surface area contributed by atoms with Crippen molar-refractivity contribution >= 4 is 33.8 Å². The monoisotopic (exact) mass is 603 g/mol. The van der Waals surface area contributed by atoms with Crippen LogP contribution in [0.2, 0.25) is 0 Å². The molecule has 1 heterocycles. The number of aliphatic hydroxyl groups excluding tert-OH is 1. The molecule has 2 aliphatic rings. The molecular formula is C32H34BrN3O4. The fourth-order valence-electron chi connectivity index (χ4n) is 4.62. The number of carbonyl (C=O) groups excluding carboxylic acids is 1. The molecule has 3 aromatic rings. The first kappa shape index (κ1) is 28.1. The molecule has 2 atom stereocenters. The highest BCUT2D eigenvalue weighted by Gasteiger charge is 2.53. The van der Waals surface area contributed by atoms with E-state index in [1.54, 1.807) is 0 Å². The number of amides is 1. The van der Waals surface area contributed by atoms with Gasteiger partial charge in [-0.15, -0.1) is 0 Å². The number of hydrogen-bond donors (Lipinski definition) is 3. The summed E-state index contributed by atoms with van der Waals surface area (Å²) in [6.07, 6.45) is 6.59. The van der Waals surface area contributed by atoms with Gasteiger partial charge in [0.15, 0.2) is 11.6 Å². The smallest absolute Gasteiger partial charge is 0.266 e. The Labute approximate surface area is 243 Å². The Balaban J connectivity index is 1.49. The zero-order valence-corrected chi connectivity index (χ0v) is 23.8. The SMILES string of the molecule is O=C(NNCC1CC1)[C@@]1(C/C=C/c2ccccc2)N=C(c2ccc(OCCCO)cc2)O[C@H]1c1ccccc1Br. The Morgan fingerprint density at radius 3 is 2.55 bits per heavy atom. The van der Waals surface area contributed by atoms with Crippen molar-refractivity contribution in [3.63, 3.8) is 0 Å². The summed E-state index contributed by atoms with van der Waals surface area (Å²) in [5, 5.41) is 9.02. The molecule has 3 aromatic carbocycles. The van der Waals surface area contributed by atoms with E-state index >= 15 is 0 Å². The third kappa shape index (κ3) is 6.81. The first-order valence-corrected chi connectivity index (χ1v) is 14.5. The van der Waals surface area contributed by atoms with E-state index in [1.165, 1.54) is 12.8 Å². The van der Waals surface area contributed by atoms with Crippen LogP contribution in [-0.2, 0) is 9.53 Å². The summed E-state index contributed by atoms with van der Waals surface area (Å²) in [7, 11) is 0. The van der Waals surface area contributed by atoms with Crippen molar-refractivity contribution in [2.45, 2.75) is 37.3 Å². The van der Waals surface area contributed by atoms with E-state index in [9.17, 15) is 4.79 Å². The number of hydrogen-bond acceptors (Lipinski definition) is 6. The molecule has 0 radical (unpaired) electrons. The van der Waals surface area contributed by atoms with Gasteiger partial charge in [0, 0.05) is 41.6 Å². The highest BCUT2D eigenvalue weighted by Crippen LogP contribution is 2.45. The van der Waals surface area contributed by atoms with E-state index in [4.69, 9.17) is 19.6 Å². The number of nitrogens with zero attached hydrogens (tertiary/aromatic N) is 1. The van der Waals surface area contributed by atoms with Gasteiger partial charge in [-0.1, -0.05) is 76.6 Å². The molecule has 7 nitrogen and oxygen atoms in total. The standard InChI is InChI=1S/C32H34BrN3O4/c33-28-12-5-4-11-27(28)29-32(31(38)36-34-22-24-13-14-24,19-6-10-23-8-2-1-3-9-23)35-30(40-29)25-15-17-26(18-16-25)39-21-7-20-37/h1-6,8-12,15-18,24,29,34,37H,7,13-14,19-22H2,(H,36,38)/b10-6+/t29-,32-/m0/s1. The highest BCUT2D eigenvalue weighted by atomic mass is 79.9. The van der Waals surface area contributed by atoms with Gasteiger partial charge < -0.3 is 14.6 Å². The third-order valence-electron chi connectivity index (χ3n) is 7.05. The van der Waals surface area contributed by atoms with Gasteiger partial charge in [-0.3, -0.25) is 10.2 Å². The molecule has 1 aliphatic heterocycles. The third-order valence-corrected chi connectivity index (χ3v) is 7.77. The van der Waals surface area contributed by atoms with Crippen LogP contribution in [0, 0.1) is 5.92 Å². The highest BCUT2D eigenvalue weighted by molar-refractivity contribution is 9.10. The predicted octanol–water partition coefficient (Wildman–Crippen LogP) is 5.60. The van der Waals surface area contributed by atoms with Gasteiger partial charge >= 0.3 is 0 Å². The minimum atomic E-state index is -1.25. The number of halogens is 1. The molecule has 5 rings (SSSR count). The largest absolute Gasteiger partial charge is 0.494 e. The van der Waals surface area contributed by atoms with E-state index < -0.39 is 11.6 Å². The van der Waals surface area contributed by atoms with Crippen LogP contribution in [0.25, 0.3) is 6.08 Å². The molecule has 208 valence electrons. The number of aliphatic imine (C=N–C) groups is 1. The summed E-state index contributed by atoms with van der Waals surface area (Å²) in [6.45, 7) is 1.25. The molecule has 40 heavy (non-hydrogen) atoms. The van der Waals surface area contributed by atoms with Gasteiger partial charge in [0.2, 0.25) is 5.90 Å². The van der Waals surface area contributed by atoms with Crippen LogP contribution in [0.15, 0.2) is 94.4 Å². The van der Waals surface area contributed by atoms with Crippen molar-refractivity contribution in [1.82, 2.24) is 10.9 Å².